The Morgan fingerprint density at radius 2 is 1.79 bits per heavy atom. The zero-order chi connectivity index (χ0) is 20.8. The first-order valence-corrected chi connectivity index (χ1v) is 9.75. The molecule has 0 aliphatic carbocycles. The molecule has 5 nitrogen and oxygen atoms in total. The average Bonchev–Trinajstić information content (AvgIpc) is 3.00. The second-order valence-electron chi connectivity index (χ2n) is 7.23. The molecule has 1 heterocycles. The topological polar surface area (TPSA) is 55.6 Å². The average molecular weight is 389 g/mol. The highest BCUT2D eigenvalue weighted by Gasteiger charge is 2.10. The van der Waals surface area contributed by atoms with Gasteiger partial charge in [-0.05, 0) is 45.4 Å². The Labute approximate surface area is 172 Å². The molecule has 0 saturated carbocycles. The van der Waals surface area contributed by atoms with Gasteiger partial charge < -0.3 is 9.30 Å². The minimum absolute atomic E-state index is 0.105. The van der Waals surface area contributed by atoms with E-state index in [0.29, 0.717) is 11.8 Å². The monoisotopic (exact) mass is 389 g/mol. The fourth-order valence-electron chi connectivity index (χ4n) is 3.53. The number of para-hydroxylation sites is 1. The van der Waals surface area contributed by atoms with Crippen LogP contribution in [0.15, 0.2) is 65.8 Å². The lowest BCUT2D eigenvalue weighted by Crippen LogP contribution is -2.24. The highest BCUT2D eigenvalue weighted by atomic mass is 16.5. The number of hydrogen-bond donors (Lipinski definition) is 1. The van der Waals surface area contributed by atoms with Crippen molar-refractivity contribution in [2.45, 2.75) is 33.7 Å². The number of carbonyl (C=O) groups is 1. The normalized spacial score (nSPS) is 11.2. The number of nitrogens with one attached hydrogen (secondary N) is 1. The van der Waals surface area contributed by atoms with Crippen LogP contribution in [0.3, 0.4) is 0 Å². The van der Waals surface area contributed by atoms with Gasteiger partial charge in [0.05, 0.1) is 6.21 Å². The highest BCUT2D eigenvalue weighted by Crippen LogP contribution is 2.29. The Morgan fingerprint density at radius 1 is 1.10 bits per heavy atom. The first kappa shape index (κ1) is 20.4. The lowest BCUT2D eigenvalue weighted by Gasteiger charge is -2.13. The van der Waals surface area contributed by atoms with Gasteiger partial charge in [0.25, 0.3) is 5.91 Å². The largest absolute Gasteiger partial charge is 0.483 e. The molecule has 0 atom stereocenters. The minimum Gasteiger partial charge on any atom is -0.483 e. The maximum atomic E-state index is 12.2. The summed E-state index contributed by atoms with van der Waals surface area (Å²) in [6.07, 6.45) is 1.68. The molecule has 150 valence electrons. The summed E-state index contributed by atoms with van der Waals surface area (Å²) in [5.74, 6) is 0.361. The van der Waals surface area contributed by atoms with Gasteiger partial charge in [-0.3, -0.25) is 4.79 Å². The molecule has 0 spiro atoms. The van der Waals surface area contributed by atoms with Gasteiger partial charge in [0.1, 0.15) is 5.75 Å². The molecule has 0 radical (unpaired) electrons. The summed E-state index contributed by atoms with van der Waals surface area (Å²) in [5.41, 5.74) is 7.83. The third-order valence-electron chi connectivity index (χ3n) is 4.76. The summed E-state index contributed by atoms with van der Waals surface area (Å²) in [7, 11) is 0. The molecule has 0 saturated heterocycles. The summed E-state index contributed by atoms with van der Waals surface area (Å²) in [6.45, 7) is 8.31. The summed E-state index contributed by atoms with van der Waals surface area (Å²) in [6, 6.07) is 20.1. The molecule has 0 aliphatic rings. The van der Waals surface area contributed by atoms with Crippen molar-refractivity contribution < 1.29 is 9.53 Å². The van der Waals surface area contributed by atoms with Crippen LogP contribution < -0.4 is 10.2 Å². The molecule has 1 amide bonds. The second kappa shape index (κ2) is 9.24. The zero-order valence-corrected chi connectivity index (χ0v) is 17.3. The number of carbonyl (C=O) groups excluding carboxylic acids is 1. The molecule has 5 heteroatoms. The number of hydrogen-bond acceptors (Lipinski definition) is 3. The molecular weight excluding hydrogens is 362 g/mol. The SMILES string of the molecule is Cc1cc(/C=N\NC(=O)COc2ccccc2-c2ccccc2)c(C)n1C(C)C. The van der Waals surface area contributed by atoms with Crippen LogP contribution in [0.25, 0.3) is 11.1 Å². The van der Waals surface area contributed by atoms with Crippen molar-refractivity contribution in [3.63, 3.8) is 0 Å². The van der Waals surface area contributed by atoms with Crippen molar-refractivity contribution in [3.05, 3.63) is 77.6 Å². The van der Waals surface area contributed by atoms with Crippen LogP contribution in [-0.2, 0) is 4.79 Å². The summed E-state index contributed by atoms with van der Waals surface area (Å²) < 4.78 is 7.99. The lowest BCUT2D eigenvalue weighted by molar-refractivity contribution is -0.123. The zero-order valence-electron chi connectivity index (χ0n) is 17.3. The standard InChI is InChI=1S/C24H27N3O2/c1-17(2)27-18(3)14-21(19(27)4)15-25-26-24(28)16-29-23-13-9-8-12-22(23)20-10-6-5-7-11-20/h5-15,17H,16H2,1-4H3,(H,26,28)/b25-15-. The molecule has 0 unspecified atom stereocenters. The molecular formula is C24H27N3O2. The van der Waals surface area contributed by atoms with Gasteiger partial charge in [0, 0.05) is 28.6 Å². The van der Waals surface area contributed by atoms with E-state index < -0.39 is 0 Å². The molecule has 29 heavy (non-hydrogen) atoms. The maximum absolute atomic E-state index is 12.2. The Morgan fingerprint density at radius 3 is 2.48 bits per heavy atom. The predicted molar refractivity (Wildman–Crippen MR) is 117 cm³/mol. The van der Waals surface area contributed by atoms with Crippen LogP contribution >= 0.6 is 0 Å². The summed E-state index contributed by atoms with van der Waals surface area (Å²) in [4.78, 5) is 12.2. The van der Waals surface area contributed by atoms with Crippen molar-refractivity contribution in [1.29, 1.82) is 0 Å². The van der Waals surface area contributed by atoms with Gasteiger partial charge in [0.2, 0.25) is 0 Å². The number of hydrazone groups is 1. The summed E-state index contributed by atoms with van der Waals surface area (Å²) in [5, 5.41) is 4.09. The molecule has 1 N–H and O–H groups in total. The van der Waals surface area contributed by atoms with Gasteiger partial charge in [-0.1, -0.05) is 48.5 Å². The number of nitrogens with zero attached hydrogens (tertiary/aromatic N) is 2. The third-order valence-corrected chi connectivity index (χ3v) is 4.76. The Hall–Kier alpha value is -3.34. The Bertz CT molecular complexity index is 1000. The number of rotatable bonds is 7. The van der Waals surface area contributed by atoms with Crippen molar-refractivity contribution >= 4 is 12.1 Å². The van der Waals surface area contributed by atoms with Gasteiger partial charge in [0.15, 0.2) is 6.61 Å². The highest BCUT2D eigenvalue weighted by molar-refractivity contribution is 5.84. The molecule has 0 bridgehead atoms. The molecule has 1 aromatic heterocycles. The van der Waals surface area contributed by atoms with Gasteiger partial charge in [-0.25, -0.2) is 5.43 Å². The van der Waals surface area contributed by atoms with Crippen LogP contribution in [0.5, 0.6) is 5.75 Å². The van der Waals surface area contributed by atoms with E-state index in [1.54, 1.807) is 6.21 Å². The first-order valence-electron chi connectivity index (χ1n) is 9.75. The van der Waals surface area contributed by atoms with Crippen LogP contribution in [0, 0.1) is 13.8 Å². The number of aryl methyl sites for hydroxylation is 1. The summed E-state index contributed by atoms with van der Waals surface area (Å²) >= 11 is 0. The van der Waals surface area contributed by atoms with E-state index in [-0.39, 0.29) is 12.5 Å². The van der Waals surface area contributed by atoms with Crippen LogP contribution in [0.4, 0.5) is 0 Å². The smallest absolute Gasteiger partial charge is 0.277 e. The third kappa shape index (κ3) is 4.93. The van der Waals surface area contributed by atoms with E-state index in [2.05, 4.69) is 48.9 Å². The van der Waals surface area contributed by atoms with Crippen LogP contribution in [-0.4, -0.2) is 23.3 Å². The van der Waals surface area contributed by atoms with Crippen molar-refractivity contribution in [1.82, 2.24) is 9.99 Å². The van der Waals surface area contributed by atoms with Crippen molar-refractivity contribution in [3.8, 4) is 16.9 Å². The van der Waals surface area contributed by atoms with E-state index in [0.717, 1.165) is 22.4 Å². The van der Waals surface area contributed by atoms with E-state index in [1.165, 1.54) is 5.69 Å². The molecule has 3 rings (SSSR count). The number of aromatic nitrogens is 1. The number of ether oxygens (including phenoxy) is 1. The fraction of sp³-hybridized carbons (Fsp3) is 0.250. The van der Waals surface area contributed by atoms with E-state index in [9.17, 15) is 4.79 Å². The molecule has 3 aromatic rings. The fourth-order valence-corrected chi connectivity index (χ4v) is 3.53. The molecule has 2 aromatic carbocycles. The van der Waals surface area contributed by atoms with E-state index in [1.807, 2.05) is 54.6 Å². The second-order valence-corrected chi connectivity index (χ2v) is 7.23. The predicted octanol–water partition coefficient (Wildman–Crippen LogP) is 4.88. The molecule has 0 fully saturated rings. The lowest BCUT2D eigenvalue weighted by atomic mass is 10.1. The van der Waals surface area contributed by atoms with E-state index >= 15 is 0 Å². The molecule has 0 aliphatic heterocycles. The maximum Gasteiger partial charge on any atom is 0.277 e. The van der Waals surface area contributed by atoms with Gasteiger partial charge >= 0.3 is 0 Å². The van der Waals surface area contributed by atoms with Gasteiger partial charge in [-0.15, -0.1) is 0 Å². The van der Waals surface area contributed by atoms with E-state index in [4.69, 9.17) is 4.74 Å². The first-order chi connectivity index (χ1) is 14.0. The number of benzene rings is 2. The van der Waals surface area contributed by atoms with Crippen molar-refractivity contribution in [2.75, 3.05) is 6.61 Å². The quantitative estimate of drug-likeness (QED) is 0.462. The van der Waals surface area contributed by atoms with Gasteiger partial charge in [-0.2, -0.15) is 5.10 Å². The Balaban J connectivity index is 1.61. The van der Waals surface area contributed by atoms with Crippen LogP contribution in [0.2, 0.25) is 0 Å². The van der Waals surface area contributed by atoms with Crippen molar-refractivity contribution in [2.24, 2.45) is 5.10 Å². The van der Waals surface area contributed by atoms with Crippen LogP contribution in [0.1, 0.15) is 36.8 Å². The number of amides is 1. The Kier molecular flexibility index (Phi) is 6.50. The minimum atomic E-state index is -0.304.